The molecule has 2 atom stereocenters. The summed E-state index contributed by atoms with van der Waals surface area (Å²) in [5, 5.41) is 0.311. The number of hydrogen-bond acceptors (Lipinski definition) is 2. The average Bonchev–Trinajstić information content (AvgIpc) is 2.42. The second-order valence-electron chi connectivity index (χ2n) is 8.41. The molecule has 0 unspecified atom stereocenters. The standard InChI is InChI=1S/C15H33NOSi/c1-12-10-13(11-16(12)14(2,3)4)17-18(8,9)15(5,6)7/h12-13H,10-11H2,1-9H3/t12-,13+/m0/s1. The van der Waals surface area contributed by atoms with Crippen LogP contribution in [0.15, 0.2) is 0 Å². The summed E-state index contributed by atoms with van der Waals surface area (Å²) in [6, 6.07) is 0.639. The third kappa shape index (κ3) is 3.58. The van der Waals surface area contributed by atoms with Gasteiger partial charge in [-0.1, -0.05) is 20.8 Å². The normalized spacial score (nSPS) is 27.8. The Morgan fingerprint density at radius 2 is 1.56 bits per heavy atom. The van der Waals surface area contributed by atoms with Crippen molar-refractivity contribution >= 4 is 8.32 Å². The van der Waals surface area contributed by atoms with Gasteiger partial charge in [0, 0.05) is 18.1 Å². The molecule has 3 heteroatoms. The van der Waals surface area contributed by atoms with Crippen molar-refractivity contribution in [3.05, 3.63) is 0 Å². The molecular weight excluding hydrogens is 238 g/mol. The molecule has 0 aliphatic carbocycles. The first-order valence-corrected chi connectivity index (χ1v) is 10.2. The van der Waals surface area contributed by atoms with Gasteiger partial charge >= 0.3 is 0 Å². The second kappa shape index (κ2) is 4.91. The van der Waals surface area contributed by atoms with E-state index in [2.05, 4.69) is 66.5 Å². The molecule has 0 bridgehead atoms. The molecular formula is C15H33NOSi. The molecule has 0 aromatic rings. The molecule has 1 aliphatic heterocycles. The molecule has 0 aromatic heterocycles. The van der Waals surface area contributed by atoms with E-state index in [9.17, 15) is 0 Å². The number of likely N-dealkylation sites (tertiary alicyclic amines) is 1. The van der Waals surface area contributed by atoms with E-state index in [0.717, 1.165) is 6.54 Å². The zero-order valence-electron chi connectivity index (χ0n) is 13.9. The molecule has 2 nitrogen and oxygen atoms in total. The summed E-state index contributed by atoms with van der Waals surface area (Å²) in [7, 11) is -1.61. The molecule has 0 amide bonds. The Balaban J connectivity index is 2.68. The minimum Gasteiger partial charge on any atom is -0.413 e. The first kappa shape index (κ1) is 16.2. The van der Waals surface area contributed by atoms with Crippen LogP contribution in [0.4, 0.5) is 0 Å². The topological polar surface area (TPSA) is 12.5 Å². The summed E-state index contributed by atoms with van der Waals surface area (Å²) < 4.78 is 6.56. The smallest absolute Gasteiger partial charge is 0.192 e. The van der Waals surface area contributed by atoms with Gasteiger partial charge in [0.2, 0.25) is 0 Å². The zero-order chi connectivity index (χ0) is 14.4. The molecule has 0 N–H and O–H groups in total. The van der Waals surface area contributed by atoms with Gasteiger partial charge in [0.15, 0.2) is 8.32 Å². The van der Waals surface area contributed by atoms with Gasteiger partial charge in [0.05, 0.1) is 6.10 Å². The van der Waals surface area contributed by atoms with Crippen LogP contribution < -0.4 is 0 Å². The van der Waals surface area contributed by atoms with Crippen LogP contribution in [-0.2, 0) is 4.43 Å². The third-order valence-electron chi connectivity index (χ3n) is 4.67. The summed E-state index contributed by atoms with van der Waals surface area (Å²) in [5.74, 6) is 0. The predicted octanol–water partition coefficient (Wildman–Crippen LogP) is 4.27. The highest BCUT2D eigenvalue weighted by Gasteiger charge is 2.43. The van der Waals surface area contributed by atoms with Gasteiger partial charge in [-0.25, -0.2) is 0 Å². The van der Waals surface area contributed by atoms with Crippen molar-refractivity contribution in [3.8, 4) is 0 Å². The summed E-state index contributed by atoms with van der Waals surface area (Å²) in [6.07, 6.45) is 1.61. The fourth-order valence-corrected chi connectivity index (χ4v) is 3.95. The van der Waals surface area contributed by atoms with Gasteiger partial charge in [-0.3, -0.25) is 4.90 Å². The lowest BCUT2D eigenvalue weighted by molar-refractivity contribution is 0.112. The lowest BCUT2D eigenvalue weighted by Gasteiger charge is -2.39. The van der Waals surface area contributed by atoms with Gasteiger partial charge in [0.1, 0.15) is 0 Å². The molecule has 0 saturated carbocycles. The largest absolute Gasteiger partial charge is 0.413 e. The van der Waals surface area contributed by atoms with E-state index in [1.165, 1.54) is 6.42 Å². The van der Waals surface area contributed by atoms with E-state index in [4.69, 9.17) is 4.43 Å². The minimum atomic E-state index is -1.61. The maximum atomic E-state index is 6.56. The fraction of sp³-hybridized carbons (Fsp3) is 1.00. The van der Waals surface area contributed by atoms with E-state index < -0.39 is 8.32 Å². The van der Waals surface area contributed by atoms with Gasteiger partial charge in [0.25, 0.3) is 0 Å². The van der Waals surface area contributed by atoms with Crippen molar-refractivity contribution < 1.29 is 4.43 Å². The SMILES string of the molecule is C[C@H]1C[C@@H](O[Si](C)(C)C(C)(C)C)CN1C(C)(C)C. The van der Waals surface area contributed by atoms with Crippen LogP contribution in [0.25, 0.3) is 0 Å². The van der Waals surface area contributed by atoms with Crippen LogP contribution in [0.5, 0.6) is 0 Å². The minimum absolute atomic E-state index is 0.255. The van der Waals surface area contributed by atoms with E-state index >= 15 is 0 Å². The van der Waals surface area contributed by atoms with Gasteiger partial charge in [-0.05, 0) is 52.2 Å². The van der Waals surface area contributed by atoms with Crippen LogP contribution in [0.1, 0.15) is 54.9 Å². The molecule has 108 valence electrons. The fourth-order valence-electron chi connectivity index (χ4n) is 2.60. The number of hydrogen-bond donors (Lipinski definition) is 0. The molecule has 0 radical (unpaired) electrons. The third-order valence-corrected chi connectivity index (χ3v) is 9.20. The highest BCUT2D eigenvalue weighted by Crippen LogP contribution is 2.39. The van der Waals surface area contributed by atoms with Crippen molar-refractivity contribution in [3.63, 3.8) is 0 Å². The van der Waals surface area contributed by atoms with Gasteiger partial charge in [-0.15, -0.1) is 0 Å². The summed E-state index contributed by atoms with van der Waals surface area (Å²) >= 11 is 0. The Morgan fingerprint density at radius 3 is 1.89 bits per heavy atom. The Labute approximate surface area is 115 Å². The zero-order valence-corrected chi connectivity index (χ0v) is 14.9. The Hall–Kier alpha value is 0.137. The summed E-state index contributed by atoms with van der Waals surface area (Å²) in [6.45, 7) is 22.0. The first-order valence-electron chi connectivity index (χ1n) is 7.29. The maximum absolute atomic E-state index is 6.56. The molecule has 1 heterocycles. The lowest BCUT2D eigenvalue weighted by atomic mass is 10.1. The first-order chi connectivity index (χ1) is 7.84. The highest BCUT2D eigenvalue weighted by atomic mass is 28.4. The van der Waals surface area contributed by atoms with E-state index in [1.807, 2.05) is 0 Å². The molecule has 1 saturated heterocycles. The Morgan fingerprint density at radius 1 is 1.06 bits per heavy atom. The maximum Gasteiger partial charge on any atom is 0.192 e. The van der Waals surface area contributed by atoms with Gasteiger partial charge < -0.3 is 4.43 Å². The highest BCUT2D eigenvalue weighted by molar-refractivity contribution is 6.74. The van der Waals surface area contributed by atoms with Crippen LogP contribution in [0.3, 0.4) is 0 Å². The molecule has 0 aromatic carbocycles. The Bertz CT molecular complexity index is 288. The monoisotopic (exact) mass is 271 g/mol. The molecule has 18 heavy (non-hydrogen) atoms. The Kier molecular flexibility index (Phi) is 4.42. The average molecular weight is 272 g/mol. The van der Waals surface area contributed by atoms with Crippen LogP contribution in [-0.4, -0.2) is 37.4 Å². The van der Waals surface area contributed by atoms with Crippen molar-refractivity contribution in [1.82, 2.24) is 4.90 Å². The number of rotatable bonds is 2. The summed E-state index contributed by atoms with van der Waals surface area (Å²) in [4.78, 5) is 2.59. The van der Waals surface area contributed by atoms with Crippen molar-refractivity contribution in [2.45, 2.75) is 90.7 Å². The molecule has 1 rings (SSSR count). The summed E-state index contributed by atoms with van der Waals surface area (Å²) in [5.41, 5.74) is 0.255. The van der Waals surface area contributed by atoms with Crippen molar-refractivity contribution in [1.29, 1.82) is 0 Å². The van der Waals surface area contributed by atoms with Crippen LogP contribution >= 0.6 is 0 Å². The van der Waals surface area contributed by atoms with Crippen LogP contribution in [0.2, 0.25) is 18.1 Å². The lowest BCUT2D eigenvalue weighted by Crippen LogP contribution is -2.46. The second-order valence-corrected chi connectivity index (χ2v) is 13.2. The van der Waals surface area contributed by atoms with Gasteiger partial charge in [-0.2, -0.15) is 0 Å². The van der Waals surface area contributed by atoms with E-state index in [0.29, 0.717) is 17.2 Å². The van der Waals surface area contributed by atoms with E-state index in [1.54, 1.807) is 0 Å². The van der Waals surface area contributed by atoms with Crippen molar-refractivity contribution in [2.24, 2.45) is 0 Å². The quantitative estimate of drug-likeness (QED) is 0.696. The molecule has 1 aliphatic rings. The predicted molar refractivity (Wildman–Crippen MR) is 82.6 cm³/mol. The number of nitrogens with zero attached hydrogens (tertiary/aromatic N) is 1. The van der Waals surface area contributed by atoms with Crippen LogP contribution in [0, 0.1) is 0 Å². The molecule has 1 fully saturated rings. The van der Waals surface area contributed by atoms with Crippen molar-refractivity contribution in [2.75, 3.05) is 6.54 Å². The van der Waals surface area contributed by atoms with E-state index in [-0.39, 0.29) is 5.54 Å². The molecule has 0 spiro atoms.